The molecule has 96 valence electrons. The third-order valence-corrected chi connectivity index (χ3v) is 2.58. The number of carbonyl (C=O) groups excluding carboxylic acids is 1. The normalized spacial score (nSPS) is 12.6. The molecule has 1 unspecified atom stereocenters. The minimum absolute atomic E-state index is 0.0940. The van der Waals surface area contributed by atoms with Crippen LogP contribution in [0.1, 0.15) is 23.2 Å². The molecule has 18 heavy (non-hydrogen) atoms. The SMILES string of the molecule is COC(=O)c1nc(CC(C)N)n2cc(O)ccc12. The summed E-state index contributed by atoms with van der Waals surface area (Å²) in [4.78, 5) is 15.9. The van der Waals surface area contributed by atoms with Crippen LogP contribution in [0.3, 0.4) is 0 Å². The first kappa shape index (κ1) is 12.4. The van der Waals surface area contributed by atoms with Crippen LogP contribution >= 0.6 is 0 Å². The Kier molecular flexibility index (Phi) is 3.20. The van der Waals surface area contributed by atoms with Crippen molar-refractivity contribution in [3.63, 3.8) is 0 Å². The molecule has 2 aromatic heterocycles. The fourth-order valence-corrected chi connectivity index (χ4v) is 1.82. The largest absolute Gasteiger partial charge is 0.506 e. The van der Waals surface area contributed by atoms with Gasteiger partial charge < -0.3 is 15.6 Å². The quantitative estimate of drug-likeness (QED) is 0.782. The zero-order chi connectivity index (χ0) is 13.3. The fraction of sp³-hybridized carbons (Fsp3) is 0.333. The van der Waals surface area contributed by atoms with Gasteiger partial charge in [0, 0.05) is 12.5 Å². The molecular weight excluding hydrogens is 234 g/mol. The lowest BCUT2D eigenvalue weighted by molar-refractivity contribution is 0.0596. The van der Waals surface area contributed by atoms with Gasteiger partial charge in [-0.1, -0.05) is 0 Å². The molecule has 0 aliphatic carbocycles. The van der Waals surface area contributed by atoms with Gasteiger partial charge in [0.1, 0.15) is 11.6 Å². The second-order valence-corrected chi connectivity index (χ2v) is 4.19. The summed E-state index contributed by atoms with van der Waals surface area (Å²) in [6.45, 7) is 1.85. The van der Waals surface area contributed by atoms with Crippen LogP contribution in [0.4, 0.5) is 0 Å². The van der Waals surface area contributed by atoms with E-state index in [-0.39, 0.29) is 17.5 Å². The maximum Gasteiger partial charge on any atom is 0.358 e. The van der Waals surface area contributed by atoms with E-state index in [0.717, 1.165) is 0 Å². The van der Waals surface area contributed by atoms with Gasteiger partial charge in [0.05, 0.1) is 18.8 Å². The molecule has 0 amide bonds. The van der Waals surface area contributed by atoms with Gasteiger partial charge in [0.2, 0.25) is 0 Å². The highest BCUT2D eigenvalue weighted by Gasteiger charge is 2.18. The summed E-state index contributed by atoms with van der Waals surface area (Å²) in [5.74, 6) is 0.215. The number of hydrogen-bond donors (Lipinski definition) is 2. The first-order chi connectivity index (χ1) is 8.52. The topological polar surface area (TPSA) is 89.8 Å². The summed E-state index contributed by atoms with van der Waals surface area (Å²) in [6, 6.07) is 3.03. The molecule has 0 fully saturated rings. The van der Waals surface area contributed by atoms with Gasteiger partial charge in [0.15, 0.2) is 5.69 Å². The zero-order valence-electron chi connectivity index (χ0n) is 10.3. The highest BCUT2D eigenvalue weighted by Crippen LogP contribution is 2.19. The van der Waals surface area contributed by atoms with E-state index in [9.17, 15) is 9.90 Å². The smallest absolute Gasteiger partial charge is 0.358 e. The van der Waals surface area contributed by atoms with Crippen LogP contribution in [0.15, 0.2) is 18.3 Å². The van der Waals surface area contributed by atoms with Crippen molar-refractivity contribution in [2.45, 2.75) is 19.4 Å². The van der Waals surface area contributed by atoms with Gasteiger partial charge in [-0.25, -0.2) is 9.78 Å². The molecule has 6 heteroatoms. The van der Waals surface area contributed by atoms with Gasteiger partial charge in [-0.15, -0.1) is 0 Å². The Bertz CT molecular complexity index is 590. The summed E-state index contributed by atoms with van der Waals surface area (Å²) in [5, 5.41) is 9.50. The van der Waals surface area contributed by atoms with Crippen LogP contribution < -0.4 is 5.73 Å². The van der Waals surface area contributed by atoms with Crippen LogP contribution in [0, 0.1) is 0 Å². The predicted octanol–water partition coefficient (Wildman–Crippen LogP) is 0.716. The van der Waals surface area contributed by atoms with E-state index in [4.69, 9.17) is 5.73 Å². The van der Waals surface area contributed by atoms with Crippen molar-refractivity contribution in [1.29, 1.82) is 0 Å². The third-order valence-electron chi connectivity index (χ3n) is 2.58. The van der Waals surface area contributed by atoms with E-state index in [0.29, 0.717) is 17.8 Å². The molecule has 0 saturated heterocycles. The van der Waals surface area contributed by atoms with Crippen LogP contribution in [0.2, 0.25) is 0 Å². The highest BCUT2D eigenvalue weighted by atomic mass is 16.5. The average Bonchev–Trinajstić information content (AvgIpc) is 2.66. The van der Waals surface area contributed by atoms with Crippen molar-refractivity contribution in [2.75, 3.05) is 7.11 Å². The first-order valence-corrected chi connectivity index (χ1v) is 5.56. The number of nitrogens with zero attached hydrogens (tertiary/aromatic N) is 2. The molecule has 6 nitrogen and oxygen atoms in total. The summed E-state index contributed by atoms with van der Waals surface area (Å²) >= 11 is 0. The van der Waals surface area contributed by atoms with Gasteiger partial charge in [-0.3, -0.25) is 4.40 Å². The van der Waals surface area contributed by atoms with Crippen molar-refractivity contribution in [3.8, 4) is 5.75 Å². The standard InChI is InChI=1S/C12H15N3O3/c1-7(13)5-10-14-11(12(17)18-2)9-4-3-8(16)6-15(9)10/h3-4,6-7,16H,5,13H2,1-2H3. The van der Waals surface area contributed by atoms with E-state index >= 15 is 0 Å². The molecule has 0 aliphatic heterocycles. The molecule has 0 spiro atoms. The second kappa shape index (κ2) is 4.66. The second-order valence-electron chi connectivity index (χ2n) is 4.19. The Morgan fingerprint density at radius 3 is 2.94 bits per heavy atom. The Labute approximate surface area is 104 Å². The van der Waals surface area contributed by atoms with Crippen molar-refractivity contribution in [2.24, 2.45) is 5.73 Å². The molecular formula is C12H15N3O3. The summed E-state index contributed by atoms with van der Waals surface area (Å²) in [7, 11) is 1.30. The van der Waals surface area contributed by atoms with Crippen LogP contribution in [-0.2, 0) is 11.2 Å². The molecule has 0 bridgehead atoms. The minimum atomic E-state index is -0.505. The van der Waals surface area contributed by atoms with Gasteiger partial charge in [0.25, 0.3) is 0 Å². The Hall–Kier alpha value is -2.08. The van der Waals surface area contributed by atoms with Crippen molar-refractivity contribution < 1.29 is 14.6 Å². The Morgan fingerprint density at radius 2 is 2.33 bits per heavy atom. The summed E-state index contributed by atoms with van der Waals surface area (Å²) < 4.78 is 6.34. The lowest BCUT2D eigenvalue weighted by Gasteiger charge is -2.04. The van der Waals surface area contributed by atoms with Crippen LogP contribution in [-0.4, -0.2) is 33.6 Å². The number of aromatic hydroxyl groups is 1. The fourth-order valence-electron chi connectivity index (χ4n) is 1.82. The molecule has 2 heterocycles. The summed E-state index contributed by atoms with van der Waals surface area (Å²) in [5.41, 5.74) is 6.56. The minimum Gasteiger partial charge on any atom is -0.506 e. The molecule has 3 N–H and O–H groups in total. The number of rotatable bonds is 3. The van der Waals surface area contributed by atoms with Crippen molar-refractivity contribution >= 4 is 11.5 Å². The van der Waals surface area contributed by atoms with E-state index in [1.807, 2.05) is 6.92 Å². The number of methoxy groups -OCH3 is 1. The van der Waals surface area contributed by atoms with Gasteiger partial charge in [-0.2, -0.15) is 0 Å². The van der Waals surface area contributed by atoms with Crippen molar-refractivity contribution in [1.82, 2.24) is 9.38 Å². The lowest BCUT2D eigenvalue weighted by Crippen LogP contribution is -2.19. The van der Waals surface area contributed by atoms with E-state index in [2.05, 4.69) is 9.72 Å². The number of carbonyl (C=O) groups is 1. The number of esters is 1. The Morgan fingerprint density at radius 1 is 1.61 bits per heavy atom. The van der Waals surface area contributed by atoms with Gasteiger partial charge in [-0.05, 0) is 19.1 Å². The van der Waals surface area contributed by atoms with Crippen molar-refractivity contribution in [3.05, 3.63) is 29.8 Å². The molecule has 2 aromatic rings. The monoisotopic (exact) mass is 249 g/mol. The number of imidazole rings is 1. The molecule has 0 aliphatic rings. The number of hydrogen-bond acceptors (Lipinski definition) is 5. The molecule has 2 rings (SSSR count). The number of aromatic nitrogens is 2. The molecule has 0 radical (unpaired) electrons. The average molecular weight is 249 g/mol. The maximum atomic E-state index is 11.6. The maximum absolute atomic E-state index is 11.6. The number of fused-ring (bicyclic) bond motifs is 1. The highest BCUT2D eigenvalue weighted by molar-refractivity contribution is 5.95. The first-order valence-electron chi connectivity index (χ1n) is 5.56. The predicted molar refractivity (Wildman–Crippen MR) is 65.5 cm³/mol. The third kappa shape index (κ3) is 2.14. The number of nitrogens with two attached hydrogens (primary N) is 1. The number of pyridine rings is 1. The van der Waals surface area contributed by atoms with Gasteiger partial charge >= 0.3 is 5.97 Å². The van der Waals surface area contributed by atoms with Crippen LogP contribution in [0.25, 0.3) is 5.52 Å². The molecule has 0 saturated carbocycles. The lowest BCUT2D eigenvalue weighted by atomic mass is 10.2. The molecule has 0 aromatic carbocycles. The van der Waals surface area contributed by atoms with E-state index in [1.165, 1.54) is 19.4 Å². The van der Waals surface area contributed by atoms with E-state index in [1.54, 1.807) is 10.5 Å². The number of ether oxygens (including phenoxy) is 1. The van der Waals surface area contributed by atoms with Crippen LogP contribution in [0.5, 0.6) is 5.75 Å². The summed E-state index contributed by atoms with van der Waals surface area (Å²) in [6.07, 6.45) is 2.01. The Balaban J connectivity index is 2.63. The molecule has 1 atom stereocenters. The van der Waals surface area contributed by atoms with E-state index < -0.39 is 5.97 Å². The zero-order valence-corrected chi connectivity index (χ0v) is 10.3.